The molecule has 3 atom stereocenters. The first-order valence-electron chi connectivity index (χ1n) is 6.92. The summed E-state index contributed by atoms with van der Waals surface area (Å²) in [6, 6.07) is 1.43. The minimum atomic E-state index is -1.10. The van der Waals surface area contributed by atoms with E-state index in [1.807, 2.05) is 0 Å². The molecule has 0 aromatic carbocycles. The van der Waals surface area contributed by atoms with Crippen LogP contribution >= 0.6 is 0 Å². The van der Waals surface area contributed by atoms with E-state index in [-0.39, 0.29) is 31.7 Å². The number of carboxylic acids is 1. The molecule has 126 valence electrons. The fourth-order valence-electron chi connectivity index (χ4n) is 2.14. The van der Waals surface area contributed by atoms with Crippen molar-refractivity contribution < 1.29 is 29.3 Å². The Labute approximate surface area is 130 Å². The predicted octanol–water partition coefficient (Wildman–Crippen LogP) is -1.12. The Kier molecular flexibility index (Phi) is 5.29. The van der Waals surface area contributed by atoms with Gasteiger partial charge in [0, 0.05) is 12.6 Å². The zero-order valence-electron chi connectivity index (χ0n) is 12.1. The van der Waals surface area contributed by atoms with Gasteiger partial charge in [-0.3, -0.25) is 14.2 Å². The number of hydrogen-bond donors (Lipinski definition) is 3. The van der Waals surface area contributed by atoms with E-state index in [9.17, 15) is 19.5 Å². The smallest absolute Gasteiger partial charge is 0.351 e. The number of nitrogens with two attached hydrogens (primary N) is 1. The number of carbonyl (C=O) groups is 2. The molecule has 0 saturated carbocycles. The van der Waals surface area contributed by atoms with Gasteiger partial charge in [0.2, 0.25) is 0 Å². The van der Waals surface area contributed by atoms with Crippen LogP contribution in [0, 0.1) is 0 Å². The van der Waals surface area contributed by atoms with Crippen LogP contribution < -0.4 is 11.4 Å². The molecular formula is C13H17N3O7. The molecule has 1 fully saturated rings. The Morgan fingerprint density at radius 3 is 2.87 bits per heavy atom. The van der Waals surface area contributed by atoms with Crippen molar-refractivity contribution in [2.24, 2.45) is 0 Å². The van der Waals surface area contributed by atoms with Crippen LogP contribution in [0.5, 0.6) is 0 Å². The number of carboxylic acid groups (broad SMARTS) is 1. The number of nitrogen functional groups attached to an aromatic ring is 1. The highest BCUT2D eigenvalue weighted by atomic mass is 16.6. The average Bonchev–Trinajstić information content (AvgIpc) is 2.83. The summed E-state index contributed by atoms with van der Waals surface area (Å²) in [5.74, 6) is -1.72. The molecule has 1 aromatic rings. The minimum absolute atomic E-state index is 0.0775. The molecular weight excluding hydrogens is 310 g/mol. The van der Waals surface area contributed by atoms with Crippen molar-refractivity contribution in [2.75, 3.05) is 12.3 Å². The normalized spacial score (nSPS) is 23.6. The number of rotatable bonds is 6. The van der Waals surface area contributed by atoms with Gasteiger partial charge in [-0.1, -0.05) is 0 Å². The summed E-state index contributed by atoms with van der Waals surface area (Å²) in [6.07, 6.45) is -1.54. The van der Waals surface area contributed by atoms with Crippen molar-refractivity contribution in [1.82, 2.24) is 9.55 Å². The third-order valence-electron chi connectivity index (χ3n) is 3.32. The fourth-order valence-corrected chi connectivity index (χ4v) is 2.14. The number of nitrogens with zero attached hydrogens (tertiary/aromatic N) is 2. The van der Waals surface area contributed by atoms with Gasteiger partial charge in [0.1, 0.15) is 24.8 Å². The number of ether oxygens (including phenoxy) is 2. The molecule has 23 heavy (non-hydrogen) atoms. The van der Waals surface area contributed by atoms with E-state index >= 15 is 0 Å². The highest BCUT2D eigenvalue weighted by Gasteiger charge is 2.36. The maximum absolute atomic E-state index is 11.7. The number of hydrogen-bond acceptors (Lipinski definition) is 8. The molecule has 1 aliphatic heterocycles. The number of anilines is 1. The zero-order chi connectivity index (χ0) is 17.0. The summed E-state index contributed by atoms with van der Waals surface area (Å²) in [7, 11) is 0. The molecule has 0 spiro atoms. The van der Waals surface area contributed by atoms with Crippen molar-refractivity contribution in [1.29, 1.82) is 0 Å². The second kappa shape index (κ2) is 7.20. The van der Waals surface area contributed by atoms with Gasteiger partial charge < -0.3 is 25.4 Å². The summed E-state index contributed by atoms with van der Waals surface area (Å²) in [5, 5.41) is 18.4. The molecule has 2 heterocycles. The van der Waals surface area contributed by atoms with Gasteiger partial charge in [0.15, 0.2) is 0 Å². The molecule has 10 nitrogen and oxygen atoms in total. The van der Waals surface area contributed by atoms with Gasteiger partial charge >= 0.3 is 17.6 Å². The first kappa shape index (κ1) is 16.9. The summed E-state index contributed by atoms with van der Waals surface area (Å²) in [6.45, 7) is -0.229. The van der Waals surface area contributed by atoms with Crippen LogP contribution in [0.1, 0.15) is 25.5 Å². The molecule has 1 aromatic heterocycles. The molecule has 1 saturated heterocycles. The molecule has 2 rings (SSSR count). The second-order valence-corrected chi connectivity index (χ2v) is 5.05. The number of aliphatic hydroxyl groups is 1. The van der Waals surface area contributed by atoms with Crippen LogP contribution in [-0.4, -0.2) is 50.5 Å². The van der Waals surface area contributed by atoms with E-state index in [4.69, 9.17) is 20.3 Å². The maximum Gasteiger partial charge on any atom is 0.351 e. The van der Waals surface area contributed by atoms with Crippen molar-refractivity contribution in [2.45, 2.75) is 37.7 Å². The van der Waals surface area contributed by atoms with Gasteiger partial charge in [-0.15, -0.1) is 0 Å². The fraction of sp³-hybridized carbons (Fsp3) is 0.538. The summed E-state index contributed by atoms with van der Waals surface area (Å²) in [4.78, 5) is 37.0. The lowest BCUT2D eigenvalue weighted by molar-refractivity contribution is -0.152. The predicted molar refractivity (Wildman–Crippen MR) is 75.3 cm³/mol. The van der Waals surface area contributed by atoms with E-state index in [1.165, 1.54) is 16.8 Å². The van der Waals surface area contributed by atoms with Gasteiger partial charge in [-0.2, -0.15) is 4.98 Å². The van der Waals surface area contributed by atoms with E-state index in [0.29, 0.717) is 0 Å². The largest absolute Gasteiger partial charge is 0.481 e. The van der Waals surface area contributed by atoms with Crippen LogP contribution in [-0.2, 0) is 19.1 Å². The first-order chi connectivity index (χ1) is 10.9. The summed E-state index contributed by atoms with van der Waals surface area (Å²) in [5.41, 5.74) is 4.79. The standard InChI is InChI=1S/C13H17N3O7/c14-9-3-4-16(13(21)15-9)10-5-7(17)8(23-10)6-22-12(20)2-1-11(18)19/h3-4,7-8,10,17H,1-2,5-6H2,(H,18,19)(H2,14,15,21)/t7-,8+,10+/m0/s1. The lowest BCUT2D eigenvalue weighted by atomic mass is 10.2. The van der Waals surface area contributed by atoms with Crippen LogP contribution in [0.2, 0.25) is 0 Å². The average molecular weight is 327 g/mol. The Morgan fingerprint density at radius 2 is 2.22 bits per heavy atom. The Morgan fingerprint density at radius 1 is 1.48 bits per heavy atom. The van der Waals surface area contributed by atoms with Crippen molar-refractivity contribution in [3.8, 4) is 0 Å². The number of aliphatic hydroxyl groups excluding tert-OH is 1. The van der Waals surface area contributed by atoms with Crippen LogP contribution in [0.25, 0.3) is 0 Å². The third-order valence-corrected chi connectivity index (χ3v) is 3.32. The van der Waals surface area contributed by atoms with E-state index < -0.39 is 36.1 Å². The van der Waals surface area contributed by atoms with E-state index in [1.54, 1.807) is 0 Å². The molecule has 10 heteroatoms. The van der Waals surface area contributed by atoms with Crippen molar-refractivity contribution in [3.63, 3.8) is 0 Å². The lowest BCUT2D eigenvalue weighted by Crippen LogP contribution is -2.29. The maximum atomic E-state index is 11.7. The molecule has 0 amide bonds. The van der Waals surface area contributed by atoms with Gasteiger partial charge in [0.25, 0.3) is 0 Å². The molecule has 1 aliphatic rings. The molecule has 0 unspecified atom stereocenters. The van der Waals surface area contributed by atoms with Crippen LogP contribution in [0.4, 0.5) is 5.82 Å². The number of aliphatic carboxylic acids is 1. The first-order valence-corrected chi connectivity index (χ1v) is 6.92. The topological polar surface area (TPSA) is 154 Å². The Balaban J connectivity index is 1.90. The van der Waals surface area contributed by atoms with Crippen molar-refractivity contribution >= 4 is 17.8 Å². The van der Waals surface area contributed by atoms with Crippen LogP contribution in [0.15, 0.2) is 17.1 Å². The van der Waals surface area contributed by atoms with Gasteiger partial charge in [-0.25, -0.2) is 4.79 Å². The monoisotopic (exact) mass is 327 g/mol. The summed E-state index contributed by atoms with van der Waals surface area (Å²) < 4.78 is 11.6. The molecule has 0 bridgehead atoms. The highest BCUT2D eigenvalue weighted by molar-refractivity contribution is 5.76. The summed E-state index contributed by atoms with van der Waals surface area (Å²) >= 11 is 0. The Hall–Kier alpha value is -2.46. The lowest BCUT2D eigenvalue weighted by Gasteiger charge is -2.16. The number of carbonyl (C=O) groups excluding carboxylic acids is 1. The van der Waals surface area contributed by atoms with E-state index in [0.717, 1.165) is 0 Å². The number of esters is 1. The zero-order valence-corrected chi connectivity index (χ0v) is 12.1. The van der Waals surface area contributed by atoms with Gasteiger partial charge in [0.05, 0.1) is 18.9 Å². The SMILES string of the molecule is Nc1ccn([C@H]2C[C@H](O)[C@@H](COC(=O)CCC(=O)O)O2)c(=O)n1. The molecule has 0 aliphatic carbocycles. The minimum Gasteiger partial charge on any atom is -0.481 e. The van der Waals surface area contributed by atoms with E-state index in [2.05, 4.69) is 4.98 Å². The van der Waals surface area contributed by atoms with Crippen LogP contribution in [0.3, 0.4) is 0 Å². The van der Waals surface area contributed by atoms with Crippen molar-refractivity contribution in [3.05, 3.63) is 22.7 Å². The number of aromatic nitrogens is 2. The Bertz CT molecular complexity index is 645. The van der Waals surface area contributed by atoms with Gasteiger partial charge in [-0.05, 0) is 6.07 Å². The third kappa shape index (κ3) is 4.50. The molecule has 0 radical (unpaired) electrons. The second-order valence-electron chi connectivity index (χ2n) is 5.05. The quantitative estimate of drug-likeness (QED) is 0.551. The highest BCUT2D eigenvalue weighted by Crippen LogP contribution is 2.27. The molecule has 4 N–H and O–H groups in total.